The molecule has 0 saturated carbocycles. The summed E-state index contributed by atoms with van der Waals surface area (Å²) in [4.78, 5) is 26.5. The molecule has 20 heavy (non-hydrogen) atoms. The van der Waals surface area contributed by atoms with Gasteiger partial charge in [-0.05, 0) is 6.07 Å². The summed E-state index contributed by atoms with van der Waals surface area (Å²) >= 11 is 0. The highest BCUT2D eigenvalue weighted by atomic mass is 16.5. The lowest BCUT2D eigenvalue weighted by Crippen LogP contribution is -2.17. The van der Waals surface area contributed by atoms with Crippen LogP contribution in [0.3, 0.4) is 0 Å². The van der Waals surface area contributed by atoms with E-state index >= 15 is 0 Å². The van der Waals surface area contributed by atoms with E-state index in [1.54, 1.807) is 24.3 Å². The smallest absolute Gasteiger partial charge is 0.328 e. The number of nitrogens with zero attached hydrogens (tertiary/aromatic N) is 3. The lowest BCUT2D eigenvalue weighted by Gasteiger charge is -2.07. The number of nitrogens with two attached hydrogens (primary N) is 2. The van der Waals surface area contributed by atoms with Crippen molar-refractivity contribution in [2.45, 2.75) is 13.2 Å². The van der Waals surface area contributed by atoms with Gasteiger partial charge in [0.15, 0.2) is 0 Å². The van der Waals surface area contributed by atoms with Gasteiger partial charge >= 0.3 is 5.97 Å². The Morgan fingerprint density at radius 3 is 2.70 bits per heavy atom. The Bertz CT molecular complexity index is 638. The zero-order valence-corrected chi connectivity index (χ0v) is 10.5. The van der Waals surface area contributed by atoms with E-state index in [-0.39, 0.29) is 19.1 Å². The quantitative estimate of drug-likeness (QED) is 0.721. The fourth-order valence-corrected chi connectivity index (χ4v) is 1.61. The number of aromatic nitrogens is 3. The van der Waals surface area contributed by atoms with Gasteiger partial charge in [-0.25, -0.2) is 9.67 Å². The molecular formula is C12H13N5O3. The number of ether oxygens (including phenoxy) is 1. The SMILES string of the molecule is NC(=O)c1ccccc1COC(=O)Cn1cnc(N)n1. The first-order valence-corrected chi connectivity index (χ1v) is 5.74. The second-order valence-electron chi connectivity index (χ2n) is 3.98. The number of anilines is 1. The van der Waals surface area contributed by atoms with Gasteiger partial charge in [0.05, 0.1) is 0 Å². The molecule has 1 aromatic carbocycles. The van der Waals surface area contributed by atoms with Gasteiger partial charge in [0.1, 0.15) is 19.5 Å². The number of primary amides is 1. The zero-order chi connectivity index (χ0) is 14.5. The summed E-state index contributed by atoms with van der Waals surface area (Å²) in [6.07, 6.45) is 1.33. The molecule has 0 aliphatic rings. The first-order chi connectivity index (χ1) is 9.56. The van der Waals surface area contributed by atoms with E-state index in [9.17, 15) is 9.59 Å². The van der Waals surface area contributed by atoms with Gasteiger partial charge in [0.25, 0.3) is 0 Å². The van der Waals surface area contributed by atoms with Crippen LogP contribution >= 0.6 is 0 Å². The number of rotatable bonds is 5. The molecule has 1 heterocycles. The Hall–Kier alpha value is -2.90. The Morgan fingerprint density at radius 2 is 2.05 bits per heavy atom. The molecule has 0 saturated heterocycles. The third-order valence-electron chi connectivity index (χ3n) is 2.52. The molecule has 0 unspecified atom stereocenters. The first-order valence-electron chi connectivity index (χ1n) is 5.74. The first kappa shape index (κ1) is 13.5. The van der Waals surface area contributed by atoms with Gasteiger partial charge in [0.2, 0.25) is 11.9 Å². The molecule has 0 aliphatic heterocycles. The van der Waals surface area contributed by atoms with E-state index in [2.05, 4.69) is 10.1 Å². The molecule has 0 atom stereocenters. The van der Waals surface area contributed by atoms with Crippen molar-refractivity contribution >= 4 is 17.8 Å². The summed E-state index contributed by atoms with van der Waals surface area (Å²) in [5.41, 5.74) is 11.4. The van der Waals surface area contributed by atoms with Crippen molar-refractivity contribution in [2.75, 3.05) is 5.73 Å². The molecule has 1 aromatic heterocycles. The summed E-state index contributed by atoms with van der Waals surface area (Å²) in [6.45, 7) is -0.148. The number of carbonyl (C=O) groups excluding carboxylic acids is 2. The van der Waals surface area contributed by atoms with E-state index < -0.39 is 11.9 Å². The summed E-state index contributed by atoms with van der Waals surface area (Å²) in [6, 6.07) is 6.65. The van der Waals surface area contributed by atoms with Crippen LogP contribution in [0.1, 0.15) is 15.9 Å². The van der Waals surface area contributed by atoms with Crippen LogP contribution in [0.25, 0.3) is 0 Å². The minimum absolute atomic E-state index is 0.0396. The number of hydrogen-bond donors (Lipinski definition) is 2. The number of nitrogen functional groups attached to an aromatic ring is 1. The molecular weight excluding hydrogens is 262 g/mol. The van der Waals surface area contributed by atoms with E-state index in [0.717, 1.165) is 0 Å². The topological polar surface area (TPSA) is 126 Å². The number of hydrogen-bond acceptors (Lipinski definition) is 6. The van der Waals surface area contributed by atoms with Gasteiger partial charge in [-0.15, -0.1) is 5.10 Å². The lowest BCUT2D eigenvalue weighted by atomic mass is 10.1. The minimum atomic E-state index is -0.569. The predicted octanol–water partition coefficient (Wildman–Crippen LogP) is -0.297. The van der Waals surface area contributed by atoms with Crippen LogP contribution in [0.5, 0.6) is 0 Å². The molecule has 8 nitrogen and oxygen atoms in total. The van der Waals surface area contributed by atoms with Crippen molar-refractivity contribution in [3.8, 4) is 0 Å². The Morgan fingerprint density at radius 1 is 1.30 bits per heavy atom. The molecule has 2 aromatic rings. The van der Waals surface area contributed by atoms with E-state index in [0.29, 0.717) is 11.1 Å². The van der Waals surface area contributed by atoms with Gasteiger partial charge in [0, 0.05) is 11.1 Å². The number of carbonyl (C=O) groups is 2. The third-order valence-corrected chi connectivity index (χ3v) is 2.52. The average Bonchev–Trinajstić information content (AvgIpc) is 2.82. The standard InChI is InChI=1S/C12H13N5O3/c13-11(19)9-4-2-1-3-8(9)6-20-10(18)5-17-7-15-12(14)16-17/h1-4,7H,5-6H2,(H2,13,19)(H2,14,16). The van der Waals surface area contributed by atoms with Crippen LogP contribution in [-0.4, -0.2) is 26.6 Å². The predicted molar refractivity (Wildman–Crippen MR) is 69.2 cm³/mol. The van der Waals surface area contributed by atoms with Crippen LogP contribution < -0.4 is 11.5 Å². The van der Waals surface area contributed by atoms with Crippen LogP contribution in [0.15, 0.2) is 30.6 Å². The third kappa shape index (κ3) is 3.31. The molecule has 1 amide bonds. The fourth-order valence-electron chi connectivity index (χ4n) is 1.61. The average molecular weight is 275 g/mol. The highest BCUT2D eigenvalue weighted by molar-refractivity contribution is 5.94. The van der Waals surface area contributed by atoms with E-state index in [1.807, 2.05) is 0 Å². The van der Waals surface area contributed by atoms with Crippen molar-refractivity contribution in [2.24, 2.45) is 5.73 Å². The highest BCUT2D eigenvalue weighted by Gasteiger charge is 2.10. The highest BCUT2D eigenvalue weighted by Crippen LogP contribution is 2.09. The number of esters is 1. The maximum absolute atomic E-state index is 11.6. The van der Waals surface area contributed by atoms with Crippen molar-refractivity contribution in [3.63, 3.8) is 0 Å². The maximum atomic E-state index is 11.6. The summed E-state index contributed by atoms with van der Waals surface area (Å²) < 4.78 is 6.32. The molecule has 0 spiro atoms. The monoisotopic (exact) mass is 275 g/mol. The zero-order valence-electron chi connectivity index (χ0n) is 10.5. The lowest BCUT2D eigenvalue weighted by molar-refractivity contribution is -0.145. The fraction of sp³-hybridized carbons (Fsp3) is 0.167. The summed E-state index contributed by atoms with van der Waals surface area (Å²) in [5.74, 6) is -1.01. The van der Waals surface area contributed by atoms with Crippen molar-refractivity contribution < 1.29 is 14.3 Å². The molecule has 8 heteroatoms. The maximum Gasteiger partial charge on any atom is 0.328 e. The van der Waals surface area contributed by atoms with Crippen LogP contribution in [0.2, 0.25) is 0 Å². The molecule has 104 valence electrons. The summed E-state index contributed by atoms with van der Waals surface area (Å²) in [7, 11) is 0. The number of benzene rings is 1. The van der Waals surface area contributed by atoms with Crippen LogP contribution in [-0.2, 0) is 22.7 Å². The Labute approximate surface area is 114 Å². The van der Waals surface area contributed by atoms with Crippen molar-refractivity contribution in [3.05, 3.63) is 41.7 Å². The second kappa shape index (κ2) is 5.83. The normalized spacial score (nSPS) is 10.2. The van der Waals surface area contributed by atoms with Gasteiger partial charge < -0.3 is 16.2 Å². The molecule has 2 rings (SSSR count). The van der Waals surface area contributed by atoms with Crippen molar-refractivity contribution in [1.29, 1.82) is 0 Å². The Kier molecular flexibility index (Phi) is 3.94. The van der Waals surface area contributed by atoms with Gasteiger partial charge in [-0.1, -0.05) is 18.2 Å². The van der Waals surface area contributed by atoms with Crippen LogP contribution in [0, 0.1) is 0 Å². The molecule has 4 N–H and O–H groups in total. The Balaban J connectivity index is 1.95. The van der Waals surface area contributed by atoms with Crippen LogP contribution in [0.4, 0.5) is 5.95 Å². The number of amides is 1. The minimum Gasteiger partial charge on any atom is -0.459 e. The van der Waals surface area contributed by atoms with Gasteiger partial charge in [-0.3, -0.25) is 9.59 Å². The molecule has 0 aliphatic carbocycles. The van der Waals surface area contributed by atoms with E-state index in [1.165, 1.54) is 11.0 Å². The summed E-state index contributed by atoms with van der Waals surface area (Å²) in [5, 5.41) is 3.76. The van der Waals surface area contributed by atoms with Gasteiger partial charge in [-0.2, -0.15) is 0 Å². The van der Waals surface area contributed by atoms with Crippen molar-refractivity contribution in [1.82, 2.24) is 14.8 Å². The molecule has 0 bridgehead atoms. The molecule has 0 radical (unpaired) electrons. The molecule has 0 fully saturated rings. The van der Waals surface area contributed by atoms with E-state index in [4.69, 9.17) is 16.2 Å². The largest absolute Gasteiger partial charge is 0.459 e. The second-order valence-corrected chi connectivity index (χ2v) is 3.98.